The molecule has 6 heteroatoms. The smallest absolute Gasteiger partial charge is 0.400 e. The molecule has 0 radical (unpaired) electrons. The lowest BCUT2D eigenvalue weighted by molar-refractivity contribution is 0.00578. The number of nitrogens with two attached hydrogens (primary N) is 1. The standard InChI is InChI=1S/C16H21BN2O2S/c1-15(2)16(3,4)21-17(20-15)11(10-18)9-14-19-12-7-5-6-8-13(12)22-14/h5-9H,10,18H2,1-4H3. The van der Waals surface area contributed by atoms with Crippen molar-refractivity contribution in [1.29, 1.82) is 0 Å². The summed E-state index contributed by atoms with van der Waals surface area (Å²) in [5.41, 5.74) is 7.12. The lowest BCUT2D eigenvalue weighted by Crippen LogP contribution is -2.41. The van der Waals surface area contributed by atoms with E-state index in [0.29, 0.717) is 6.54 Å². The fourth-order valence-corrected chi connectivity index (χ4v) is 3.27. The topological polar surface area (TPSA) is 57.4 Å². The maximum atomic E-state index is 6.07. The summed E-state index contributed by atoms with van der Waals surface area (Å²) in [5, 5.41) is 0.927. The number of thiazole rings is 1. The number of benzene rings is 1. The molecule has 2 heterocycles. The van der Waals surface area contributed by atoms with Gasteiger partial charge in [-0.25, -0.2) is 4.98 Å². The quantitative estimate of drug-likeness (QED) is 0.883. The van der Waals surface area contributed by atoms with Gasteiger partial charge in [-0.1, -0.05) is 12.1 Å². The van der Waals surface area contributed by atoms with Crippen LogP contribution in [0.4, 0.5) is 0 Å². The number of aromatic nitrogens is 1. The Labute approximate surface area is 135 Å². The number of nitrogens with zero attached hydrogens (tertiary/aromatic N) is 1. The van der Waals surface area contributed by atoms with Crippen molar-refractivity contribution >= 4 is 34.7 Å². The average molecular weight is 316 g/mol. The van der Waals surface area contributed by atoms with Crippen molar-refractivity contribution in [2.24, 2.45) is 5.73 Å². The first kappa shape index (κ1) is 15.7. The molecule has 1 fully saturated rings. The second kappa shape index (κ2) is 5.46. The highest BCUT2D eigenvalue weighted by Gasteiger charge is 2.52. The lowest BCUT2D eigenvalue weighted by atomic mass is 9.78. The summed E-state index contributed by atoms with van der Waals surface area (Å²) in [5.74, 6) is 0. The molecule has 1 aromatic heterocycles. The molecule has 1 aliphatic heterocycles. The van der Waals surface area contributed by atoms with Gasteiger partial charge >= 0.3 is 7.12 Å². The van der Waals surface area contributed by atoms with Crippen LogP contribution in [0.25, 0.3) is 16.3 Å². The van der Waals surface area contributed by atoms with Gasteiger partial charge in [-0.3, -0.25) is 0 Å². The van der Waals surface area contributed by atoms with E-state index in [2.05, 4.69) is 11.1 Å². The zero-order chi connectivity index (χ0) is 16.0. The second-order valence-electron chi connectivity index (χ2n) is 6.53. The molecule has 1 aliphatic rings. The Bertz CT molecular complexity index is 675. The Morgan fingerprint density at radius 1 is 1.23 bits per heavy atom. The Kier molecular flexibility index (Phi) is 3.89. The summed E-state index contributed by atoms with van der Waals surface area (Å²) in [7, 11) is -0.415. The van der Waals surface area contributed by atoms with E-state index in [4.69, 9.17) is 15.0 Å². The molecule has 0 amide bonds. The van der Waals surface area contributed by atoms with Crippen molar-refractivity contribution in [2.45, 2.75) is 38.9 Å². The molecule has 2 aromatic rings. The minimum atomic E-state index is -0.415. The van der Waals surface area contributed by atoms with Crippen LogP contribution in [0, 0.1) is 0 Å². The van der Waals surface area contributed by atoms with Crippen molar-refractivity contribution in [3.8, 4) is 0 Å². The van der Waals surface area contributed by atoms with E-state index >= 15 is 0 Å². The fourth-order valence-electron chi connectivity index (χ4n) is 2.33. The number of hydrogen-bond acceptors (Lipinski definition) is 5. The van der Waals surface area contributed by atoms with Gasteiger partial charge < -0.3 is 15.0 Å². The minimum absolute atomic E-state index is 0.362. The third-order valence-corrected chi connectivity index (χ3v) is 5.39. The van der Waals surface area contributed by atoms with Gasteiger partial charge in [0.2, 0.25) is 0 Å². The van der Waals surface area contributed by atoms with Gasteiger partial charge in [0.05, 0.1) is 21.4 Å². The van der Waals surface area contributed by atoms with Crippen LogP contribution in [0.15, 0.2) is 29.7 Å². The SMILES string of the molecule is CC1(C)OB(C(=Cc2nc3ccccc3s2)CN)OC1(C)C. The van der Waals surface area contributed by atoms with E-state index in [-0.39, 0.29) is 11.2 Å². The molecule has 0 unspecified atom stereocenters. The van der Waals surface area contributed by atoms with Crippen LogP contribution in [0.5, 0.6) is 0 Å². The molecule has 4 nitrogen and oxygen atoms in total. The summed E-state index contributed by atoms with van der Waals surface area (Å²) in [6.45, 7) is 8.54. The predicted molar refractivity (Wildman–Crippen MR) is 92.7 cm³/mol. The van der Waals surface area contributed by atoms with Gasteiger partial charge in [-0.05, 0) is 51.4 Å². The van der Waals surface area contributed by atoms with Gasteiger partial charge in [-0.15, -0.1) is 11.3 Å². The molecule has 0 saturated carbocycles. The first-order chi connectivity index (χ1) is 10.3. The van der Waals surface area contributed by atoms with E-state index in [0.717, 1.165) is 16.0 Å². The van der Waals surface area contributed by atoms with Gasteiger partial charge in [-0.2, -0.15) is 0 Å². The maximum absolute atomic E-state index is 6.07. The highest BCUT2D eigenvalue weighted by atomic mass is 32.1. The summed E-state index contributed by atoms with van der Waals surface area (Å²) in [6.07, 6.45) is 1.99. The Balaban J connectivity index is 1.91. The van der Waals surface area contributed by atoms with E-state index < -0.39 is 7.12 Å². The molecule has 2 N–H and O–H groups in total. The molecule has 3 rings (SSSR count). The van der Waals surface area contributed by atoms with Gasteiger partial charge in [0.1, 0.15) is 5.01 Å². The Hall–Kier alpha value is -1.21. The van der Waals surface area contributed by atoms with Crippen LogP contribution in [-0.2, 0) is 9.31 Å². The molecular formula is C16H21BN2O2S. The van der Waals surface area contributed by atoms with Crippen LogP contribution >= 0.6 is 11.3 Å². The first-order valence-electron chi connectivity index (χ1n) is 7.44. The number of hydrogen-bond donors (Lipinski definition) is 1. The Morgan fingerprint density at radius 3 is 2.45 bits per heavy atom. The lowest BCUT2D eigenvalue weighted by Gasteiger charge is -2.32. The molecule has 0 bridgehead atoms. The third kappa shape index (κ3) is 2.72. The molecule has 116 valence electrons. The summed E-state index contributed by atoms with van der Waals surface area (Å²) >= 11 is 1.65. The normalized spacial score (nSPS) is 20.8. The van der Waals surface area contributed by atoms with Gasteiger partial charge in [0, 0.05) is 6.54 Å². The van der Waals surface area contributed by atoms with E-state index in [1.54, 1.807) is 11.3 Å². The molecular weight excluding hydrogens is 295 g/mol. The third-order valence-electron chi connectivity index (χ3n) is 4.41. The van der Waals surface area contributed by atoms with Crippen molar-refractivity contribution in [2.75, 3.05) is 6.54 Å². The molecule has 0 aliphatic carbocycles. The monoisotopic (exact) mass is 316 g/mol. The number of para-hydroxylation sites is 1. The zero-order valence-corrected chi connectivity index (χ0v) is 14.2. The minimum Gasteiger partial charge on any atom is -0.400 e. The van der Waals surface area contributed by atoms with Crippen molar-refractivity contribution in [3.63, 3.8) is 0 Å². The fraction of sp³-hybridized carbons (Fsp3) is 0.438. The molecule has 1 aromatic carbocycles. The highest BCUT2D eigenvalue weighted by Crippen LogP contribution is 2.38. The first-order valence-corrected chi connectivity index (χ1v) is 8.26. The van der Waals surface area contributed by atoms with Crippen molar-refractivity contribution in [1.82, 2.24) is 4.98 Å². The van der Waals surface area contributed by atoms with Crippen LogP contribution in [0.2, 0.25) is 0 Å². The number of rotatable bonds is 3. The van der Waals surface area contributed by atoms with Crippen LogP contribution in [-0.4, -0.2) is 29.8 Å². The van der Waals surface area contributed by atoms with Gasteiger partial charge in [0.25, 0.3) is 0 Å². The molecule has 1 saturated heterocycles. The van der Waals surface area contributed by atoms with Crippen LogP contribution in [0.3, 0.4) is 0 Å². The summed E-state index contributed by atoms with van der Waals surface area (Å²) in [4.78, 5) is 4.62. The predicted octanol–water partition coefficient (Wildman–Crippen LogP) is 3.27. The number of fused-ring (bicyclic) bond motifs is 1. The molecule has 0 atom stereocenters. The maximum Gasteiger partial charge on any atom is 0.491 e. The van der Waals surface area contributed by atoms with Gasteiger partial charge in [0.15, 0.2) is 0 Å². The summed E-state index contributed by atoms with van der Waals surface area (Å²) < 4.78 is 13.3. The summed E-state index contributed by atoms with van der Waals surface area (Å²) in [6, 6.07) is 8.10. The van der Waals surface area contributed by atoms with E-state index in [1.807, 2.05) is 52.0 Å². The second-order valence-corrected chi connectivity index (χ2v) is 7.59. The highest BCUT2D eigenvalue weighted by molar-refractivity contribution is 7.19. The molecule has 22 heavy (non-hydrogen) atoms. The zero-order valence-electron chi connectivity index (χ0n) is 13.4. The average Bonchev–Trinajstić information content (AvgIpc) is 2.94. The Morgan fingerprint density at radius 2 is 1.86 bits per heavy atom. The molecule has 0 spiro atoms. The van der Waals surface area contributed by atoms with Crippen LogP contribution in [0.1, 0.15) is 32.7 Å². The van der Waals surface area contributed by atoms with Crippen molar-refractivity contribution in [3.05, 3.63) is 34.7 Å². The van der Waals surface area contributed by atoms with E-state index in [1.165, 1.54) is 4.70 Å². The largest absolute Gasteiger partial charge is 0.491 e. The van der Waals surface area contributed by atoms with Crippen LogP contribution < -0.4 is 5.73 Å². The van der Waals surface area contributed by atoms with E-state index in [9.17, 15) is 0 Å². The van der Waals surface area contributed by atoms with Crippen molar-refractivity contribution < 1.29 is 9.31 Å².